The molecule has 0 saturated heterocycles. The predicted molar refractivity (Wildman–Crippen MR) is 95.5 cm³/mol. The summed E-state index contributed by atoms with van der Waals surface area (Å²) in [6, 6.07) is 5.58. The van der Waals surface area contributed by atoms with Crippen LogP contribution >= 0.6 is 15.9 Å². The third kappa shape index (κ3) is 5.86. The van der Waals surface area contributed by atoms with Gasteiger partial charge in [-0.1, -0.05) is 35.7 Å². The number of amides is 3. The molecule has 2 unspecified atom stereocenters. The molecular weight excluding hydrogens is 358 g/mol. The summed E-state index contributed by atoms with van der Waals surface area (Å²) >= 11 is 3.39. The SMILES string of the molecule is Cc1cc(Br)ccc1NC(=O)CNC(=O)NC1CCCC(C)C1. The first kappa shape index (κ1) is 17.8. The van der Waals surface area contributed by atoms with Gasteiger partial charge in [0.1, 0.15) is 0 Å². The first-order valence-corrected chi connectivity index (χ1v) is 8.83. The number of carbonyl (C=O) groups is 2. The van der Waals surface area contributed by atoms with Crippen LogP contribution < -0.4 is 16.0 Å². The Morgan fingerprint density at radius 3 is 2.78 bits per heavy atom. The molecule has 5 nitrogen and oxygen atoms in total. The predicted octanol–water partition coefficient (Wildman–Crippen LogP) is 3.57. The zero-order valence-electron chi connectivity index (χ0n) is 13.6. The maximum atomic E-state index is 11.9. The highest BCUT2D eigenvalue weighted by Crippen LogP contribution is 2.23. The first-order valence-electron chi connectivity index (χ1n) is 8.04. The van der Waals surface area contributed by atoms with Gasteiger partial charge in [-0.05, 0) is 49.4 Å². The quantitative estimate of drug-likeness (QED) is 0.745. The van der Waals surface area contributed by atoms with Gasteiger partial charge in [0.2, 0.25) is 5.91 Å². The lowest BCUT2D eigenvalue weighted by Crippen LogP contribution is -2.46. The molecule has 126 valence electrons. The van der Waals surface area contributed by atoms with E-state index in [-0.39, 0.29) is 24.5 Å². The van der Waals surface area contributed by atoms with Gasteiger partial charge in [0.25, 0.3) is 0 Å². The van der Waals surface area contributed by atoms with Crippen LogP contribution in [0.4, 0.5) is 10.5 Å². The van der Waals surface area contributed by atoms with Crippen LogP contribution in [-0.2, 0) is 4.79 Å². The molecule has 3 amide bonds. The average Bonchev–Trinajstić information content (AvgIpc) is 2.48. The summed E-state index contributed by atoms with van der Waals surface area (Å²) in [5, 5.41) is 8.38. The van der Waals surface area contributed by atoms with Crippen molar-refractivity contribution >= 4 is 33.6 Å². The summed E-state index contributed by atoms with van der Waals surface area (Å²) < 4.78 is 0.965. The van der Waals surface area contributed by atoms with Gasteiger partial charge in [-0.15, -0.1) is 0 Å². The van der Waals surface area contributed by atoms with Crippen LogP contribution in [0.25, 0.3) is 0 Å². The molecule has 1 saturated carbocycles. The van der Waals surface area contributed by atoms with Crippen molar-refractivity contribution in [2.45, 2.75) is 45.6 Å². The van der Waals surface area contributed by atoms with Crippen LogP contribution in [0.2, 0.25) is 0 Å². The van der Waals surface area contributed by atoms with E-state index in [9.17, 15) is 9.59 Å². The third-order valence-electron chi connectivity index (χ3n) is 4.14. The van der Waals surface area contributed by atoms with E-state index in [1.807, 2.05) is 25.1 Å². The van der Waals surface area contributed by atoms with Gasteiger partial charge in [0.05, 0.1) is 6.54 Å². The van der Waals surface area contributed by atoms with Crippen LogP contribution in [0.5, 0.6) is 0 Å². The fraction of sp³-hybridized carbons (Fsp3) is 0.529. The van der Waals surface area contributed by atoms with E-state index in [1.165, 1.54) is 6.42 Å². The molecule has 23 heavy (non-hydrogen) atoms. The highest BCUT2D eigenvalue weighted by Gasteiger charge is 2.20. The third-order valence-corrected chi connectivity index (χ3v) is 4.64. The van der Waals surface area contributed by atoms with Crippen molar-refractivity contribution in [1.82, 2.24) is 10.6 Å². The summed E-state index contributed by atoms with van der Waals surface area (Å²) in [4.78, 5) is 23.8. The summed E-state index contributed by atoms with van der Waals surface area (Å²) in [5.41, 5.74) is 1.72. The lowest BCUT2D eigenvalue weighted by molar-refractivity contribution is -0.115. The van der Waals surface area contributed by atoms with Gasteiger partial charge in [0.15, 0.2) is 0 Å². The minimum atomic E-state index is -0.272. The molecule has 2 rings (SSSR count). The van der Waals surface area contributed by atoms with Gasteiger partial charge >= 0.3 is 6.03 Å². The number of benzene rings is 1. The molecule has 0 aliphatic heterocycles. The zero-order chi connectivity index (χ0) is 16.8. The smallest absolute Gasteiger partial charge is 0.315 e. The number of anilines is 1. The number of hydrogen-bond acceptors (Lipinski definition) is 2. The van der Waals surface area contributed by atoms with Crippen molar-refractivity contribution in [2.75, 3.05) is 11.9 Å². The van der Waals surface area contributed by atoms with E-state index in [4.69, 9.17) is 0 Å². The molecule has 0 spiro atoms. The van der Waals surface area contributed by atoms with Crippen molar-refractivity contribution in [1.29, 1.82) is 0 Å². The van der Waals surface area contributed by atoms with E-state index in [1.54, 1.807) is 0 Å². The fourth-order valence-electron chi connectivity index (χ4n) is 2.92. The Balaban J connectivity index is 1.74. The molecular formula is C17H24BrN3O2. The van der Waals surface area contributed by atoms with Crippen LogP contribution in [0.15, 0.2) is 22.7 Å². The molecule has 2 atom stereocenters. The van der Waals surface area contributed by atoms with E-state index in [2.05, 4.69) is 38.8 Å². The minimum Gasteiger partial charge on any atom is -0.335 e. The number of hydrogen-bond donors (Lipinski definition) is 3. The molecule has 1 fully saturated rings. The van der Waals surface area contributed by atoms with Crippen molar-refractivity contribution in [3.8, 4) is 0 Å². The largest absolute Gasteiger partial charge is 0.335 e. The number of rotatable bonds is 4. The molecule has 1 aliphatic carbocycles. The maximum Gasteiger partial charge on any atom is 0.315 e. The Bertz CT molecular complexity index is 577. The number of halogens is 1. The second kappa shape index (κ2) is 8.34. The molecule has 0 aromatic heterocycles. The molecule has 0 bridgehead atoms. The fourth-order valence-corrected chi connectivity index (χ4v) is 3.40. The number of carbonyl (C=O) groups excluding carboxylic acids is 2. The lowest BCUT2D eigenvalue weighted by Gasteiger charge is -2.27. The molecule has 0 radical (unpaired) electrons. The van der Waals surface area contributed by atoms with Crippen LogP contribution in [0.1, 0.15) is 38.2 Å². The molecule has 1 aromatic carbocycles. The molecule has 1 aromatic rings. The maximum absolute atomic E-state index is 11.9. The van der Waals surface area contributed by atoms with E-state index in [0.717, 1.165) is 35.0 Å². The van der Waals surface area contributed by atoms with Crippen molar-refractivity contribution in [3.05, 3.63) is 28.2 Å². The van der Waals surface area contributed by atoms with Gasteiger partial charge in [-0.25, -0.2) is 4.79 Å². The van der Waals surface area contributed by atoms with Crippen LogP contribution in [0.3, 0.4) is 0 Å². The van der Waals surface area contributed by atoms with E-state index in [0.29, 0.717) is 5.92 Å². The standard InChI is InChI=1S/C17H24BrN3O2/c1-11-4-3-5-14(8-11)20-17(23)19-10-16(22)21-15-7-6-13(18)9-12(15)2/h6-7,9,11,14H,3-5,8,10H2,1-2H3,(H,21,22)(H2,19,20,23). The monoisotopic (exact) mass is 381 g/mol. The Labute approximate surface area is 145 Å². The Hall–Kier alpha value is -1.56. The minimum absolute atomic E-state index is 0.0381. The van der Waals surface area contributed by atoms with E-state index < -0.39 is 0 Å². The second-order valence-corrected chi connectivity index (χ2v) is 7.22. The Morgan fingerprint density at radius 1 is 1.30 bits per heavy atom. The molecule has 6 heteroatoms. The Morgan fingerprint density at radius 2 is 2.09 bits per heavy atom. The van der Waals surface area contributed by atoms with Gasteiger partial charge < -0.3 is 16.0 Å². The summed E-state index contributed by atoms with van der Waals surface area (Å²) in [5.74, 6) is 0.417. The topological polar surface area (TPSA) is 70.2 Å². The number of aryl methyl sites for hydroxylation is 1. The van der Waals surface area contributed by atoms with Crippen LogP contribution in [-0.4, -0.2) is 24.5 Å². The zero-order valence-corrected chi connectivity index (χ0v) is 15.2. The second-order valence-electron chi connectivity index (χ2n) is 6.30. The van der Waals surface area contributed by atoms with Gasteiger partial charge in [0, 0.05) is 16.2 Å². The number of nitrogens with one attached hydrogen (secondary N) is 3. The summed E-state index contributed by atoms with van der Waals surface area (Å²) in [6.45, 7) is 4.09. The van der Waals surface area contributed by atoms with E-state index >= 15 is 0 Å². The van der Waals surface area contributed by atoms with Gasteiger partial charge in [-0.3, -0.25) is 4.79 Å². The highest BCUT2D eigenvalue weighted by molar-refractivity contribution is 9.10. The van der Waals surface area contributed by atoms with Crippen molar-refractivity contribution < 1.29 is 9.59 Å². The van der Waals surface area contributed by atoms with Crippen molar-refractivity contribution in [3.63, 3.8) is 0 Å². The summed E-state index contributed by atoms with van der Waals surface area (Å²) in [6.07, 6.45) is 4.41. The number of urea groups is 1. The van der Waals surface area contributed by atoms with Crippen LogP contribution in [0, 0.1) is 12.8 Å². The summed E-state index contributed by atoms with van der Waals surface area (Å²) in [7, 11) is 0. The van der Waals surface area contributed by atoms with Crippen molar-refractivity contribution in [2.24, 2.45) is 5.92 Å². The van der Waals surface area contributed by atoms with Gasteiger partial charge in [-0.2, -0.15) is 0 Å². The first-order chi connectivity index (χ1) is 10.9. The molecule has 0 heterocycles. The highest BCUT2D eigenvalue weighted by atomic mass is 79.9. The average molecular weight is 382 g/mol. The Kier molecular flexibility index (Phi) is 6.45. The molecule has 3 N–H and O–H groups in total. The normalized spacial score (nSPS) is 20.7. The lowest BCUT2D eigenvalue weighted by atomic mass is 9.87. The molecule has 1 aliphatic rings.